The predicted octanol–water partition coefficient (Wildman–Crippen LogP) is 1.80. The van der Waals surface area contributed by atoms with Gasteiger partial charge in [0.25, 0.3) is 0 Å². The lowest BCUT2D eigenvalue weighted by Crippen LogP contribution is -2.64. The van der Waals surface area contributed by atoms with Gasteiger partial charge in [-0.3, -0.25) is 14.5 Å². The molecule has 4 rings (SSSR count). The fraction of sp³-hybridized carbons (Fsp3) is 0.647. The lowest BCUT2D eigenvalue weighted by molar-refractivity contribution is -0.131. The molecule has 3 aliphatic rings. The van der Waals surface area contributed by atoms with Crippen molar-refractivity contribution in [2.45, 2.75) is 31.2 Å². The third-order valence-corrected chi connectivity index (χ3v) is 6.27. The molecular formula is C17H23N3O2S. The van der Waals surface area contributed by atoms with Crippen LogP contribution in [-0.2, 0) is 9.59 Å². The number of amides is 2. The number of thiophene rings is 1. The van der Waals surface area contributed by atoms with Gasteiger partial charge in [-0.2, -0.15) is 11.3 Å². The highest BCUT2D eigenvalue weighted by Gasteiger charge is 2.48. The molecule has 23 heavy (non-hydrogen) atoms. The Morgan fingerprint density at radius 2 is 2.22 bits per heavy atom. The van der Waals surface area contributed by atoms with Gasteiger partial charge < -0.3 is 9.80 Å². The highest BCUT2D eigenvalue weighted by molar-refractivity contribution is 7.08. The highest BCUT2D eigenvalue weighted by atomic mass is 32.1. The topological polar surface area (TPSA) is 43.9 Å². The molecule has 6 heteroatoms. The van der Waals surface area contributed by atoms with E-state index in [9.17, 15) is 9.59 Å². The number of piperazine rings is 1. The van der Waals surface area contributed by atoms with Gasteiger partial charge in [0.05, 0.1) is 17.8 Å². The average molecular weight is 333 g/mol. The van der Waals surface area contributed by atoms with Crippen LogP contribution in [-0.4, -0.2) is 60.4 Å². The molecule has 1 unspecified atom stereocenters. The lowest BCUT2D eigenvalue weighted by atomic mass is 9.93. The molecule has 0 bridgehead atoms. The third-order valence-electron chi connectivity index (χ3n) is 5.60. The van der Waals surface area contributed by atoms with Crippen molar-refractivity contribution in [2.24, 2.45) is 5.92 Å². The van der Waals surface area contributed by atoms with Gasteiger partial charge in [0.1, 0.15) is 0 Å². The Hall–Kier alpha value is -1.40. The first kappa shape index (κ1) is 15.1. The van der Waals surface area contributed by atoms with Crippen LogP contribution < -0.4 is 4.90 Å². The first-order valence-corrected chi connectivity index (χ1v) is 9.33. The summed E-state index contributed by atoms with van der Waals surface area (Å²) in [5, 5.41) is 4.04. The molecule has 0 radical (unpaired) electrons. The van der Waals surface area contributed by atoms with Crippen LogP contribution >= 0.6 is 11.3 Å². The molecule has 1 spiro atoms. The Morgan fingerprint density at radius 1 is 1.39 bits per heavy atom. The van der Waals surface area contributed by atoms with Crippen molar-refractivity contribution in [1.82, 2.24) is 9.80 Å². The van der Waals surface area contributed by atoms with Gasteiger partial charge in [-0.25, -0.2) is 0 Å². The summed E-state index contributed by atoms with van der Waals surface area (Å²) in [6.07, 6.45) is 4.09. The second-order valence-corrected chi connectivity index (χ2v) is 8.03. The van der Waals surface area contributed by atoms with E-state index in [1.165, 1.54) is 12.8 Å². The van der Waals surface area contributed by atoms with E-state index in [2.05, 4.69) is 4.90 Å². The highest BCUT2D eigenvalue weighted by Crippen LogP contribution is 2.37. The molecule has 1 aromatic rings. The second-order valence-electron chi connectivity index (χ2n) is 7.25. The summed E-state index contributed by atoms with van der Waals surface area (Å²) < 4.78 is 0. The molecule has 124 valence electrons. The molecule has 2 aliphatic heterocycles. The predicted molar refractivity (Wildman–Crippen MR) is 90.6 cm³/mol. The molecule has 1 saturated carbocycles. The Labute approximate surface area is 140 Å². The van der Waals surface area contributed by atoms with Crippen molar-refractivity contribution >= 4 is 28.8 Å². The summed E-state index contributed by atoms with van der Waals surface area (Å²) in [5.41, 5.74) is 0.907. The molecule has 0 N–H and O–H groups in total. The number of nitrogens with zero attached hydrogens (tertiary/aromatic N) is 3. The molecule has 1 atom stereocenters. The summed E-state index contributed by atoms with van der Waals surface area (Å²) in [5.74, 6) is 1.09. The van der Waals surface area contributed by atoms with E-state index in [1.54, 1.807) is 11.3 Å². The quantitative estimate of drug-likeness (QED) is 0.847. The molecule has 2 amide bonds. The van der Waals surface area contributed by atoms with Gasteiger partial charge in [-0.05, 0) is 43.7 Å². The lowest BCUT2D eigenvalue weighted by Gasteiger charge is -2.46. The van der Waals surface area contributed by atoms with Crippen LogP contribution in [0.3, 0.4) is 0 Å². The molecule has 1 aliphatic carbocycles. The second kappa shape index (κ2) is 5.60. The normalized spacial score (nSPS) is 28.8. The van der Waals surface area contributed by atoms with Crippen molar-refractivity contribution < 1.29 is 9.59 Å². The van der Waals surface area contributed by atoms with E-state index >= 15 is 0 Å². The summed E-state index contributed by atoms with van der Waals surface area (Å²) in [4.78, 5) is 31.0. The van der Waals surface area contributed by atoms with Crippen LogP contribution in [0.2, 0.25) is 0 Å². The van der Waals surface area contributed by atoms with Crippen molar-refractivity contribution in [1.29, 1.82) is 0 Å². The van der Waals surface area contributed by atoms with Crippen LogP contribution in [0.15, 0.2) is 16.8 Å². The maximum Gasteiger partial charge on any atom is 0.241 e. The van der Waals surface area contributed by atoms with Crippen LogP contribution in [0.25, 0.3) is 0 Å². The number of anilines is 1. The number of likely N-dealkylation sites (tertiary alicyclic amines) is 1. The van der Waals surface area contributed by atoms with Crippen LogP contribution in [0.1, 0.15) is 25.7 Å². The third kappa shape index (κ3) is 2.78. The molecule has 5 nitrogen and oxygen atoms in total. The Bertz CT molecular complexity index is 613. The summed E-state index contributed by atoms with van der Waals surface area (Å²) in [6.45, 7) is 2.69. The van der Waals surface area contributed by atoms with Crippen LogP contribution in [0, 0.1) is 5.92 Å². The standard InChI is InChI=1S/C17H23N3O2S/c1-18-9-16(22)20(14-4-7-23-10-14)12-17(18)5-6-19(11-17)15(21)8-13-2-3-13/h4,7,10,13H,2-3,5-6,8-9,11-12H2,1H3. The zero-order chi connectivity index (χ0) is 16.0. The van der Waals surface area contributed by atoms with Gasteiger partial charge in [0, 0.05) is 31.4 Å². The minimum Gasteiger partial charge on any atom is -0.341 e. The average Bonchev–Trinajstić information content (AvgIpc) is 3.04. The van der Waals surface area contributed by atoms with E-state index in [0.29, 0.717) is 31.3 Å². The molecule has 3 fully saturated rings. The number of likely N-dealkylation sites (N-methyl/N-ethyl adjacent to an activating group) is 1. The van der Waals surface area contributed by atoms with Gasteiger partial charge in [-0.15, -0.1) is 0 Å². The van der Waals surface area contributed by atoms with Crippen LogP contribution in [0.4, 0.5) is 5.69 Å². The Morgan fingerprint density at radius 3 is 2.91 bits per heavy atom. The van der Waals surface area contributed by atoms with E-state index in [4.69, 9.17) is 0 Å². The molecule has 3 heterocycles. The van der Waals surface area contributed by atoms with E-state index in [0.717, 1.165) is 25.2 Å². The maximum atomic E-state index is 12.4. The number of hydrogen-bond acceptors (Lipinski definition) is 4. The summed E-state index contributed by atoms with van der Waals surface area (Å²) in [6, 6.07) is 2.01. The van der Waals surface area contributed by atoms with Gasteiger partial charge in [-0.1, -0.05) is 0 Å². The monoisotopic (exact) mass is 333 g/mol. The fourth-order valence-corrected chi connectivity index (χ4v) is 4.46. The van der Waals surface area contributed by atoms with E-state index < -0.39 is 0 Å². The van der Waals surface area contributed by atoms with Crippen molar-refractivity contribution in [3.63, 3.8) is 0 Å². The number of hydrogen-bond donors (Lipinski definition) is 0. The van der Waals surface area contributed by atoms with Gasteiger partial charge in [0.2, 0.25) is 11.8 Å². The summed E-state index contributed by atoms with van der Waals surface area (Å²) in [7, 11) is 2.03. The van der Waals surface area contributed by atoms with E-state index in [-0.39, 0.29) is 11.4 Å². The Kier molecular flexibility index (Phi) is 3.69. The van der Waals surface area contributed by atoms with Gasteiger partial charge >= 0.3 is 0 Å². The SMILES string of the molecule is CN1CC(=O)N(c2ccsc2)CC12CCN(C(=O)CC1CC1)C2. The van der Waals surface area contributed by atoms with Crippen LogP contribution in [0.5, 0.6) is 0 Å². The number of rotatable bonds is 3. The molecular weight excluding hydrogens is 310 g/mol. The largest absolute Gasteiger partial charge is 0.341 e. The molecule has 1 aromatic heterocycles. The van der Waals surface area contributed by atoms with Crippen molar-refractivity contribution in [3.05, 3.63) is 16.8 Å². The zero-order valence-corrected chi connectivity index (χ0v) is 14.3. The van der Waals surface area contributed by atoms with Crippen molar-refractivity contribution in [2.75, 3.05) is 38.1 Å². The number of carbonyl (C=O) groups is 2. The zero-order valence-electron chi connectivity index (χ0n) is 13.5. The summed E-state index contributed by atoms with van der Waals surface area (Å²) >= 11 is 1.61. The van der Waals surface area contributed by atoms with Gasteiger partial charge in [0.15, 0.2) is 0 Å². The number of carbonyl (C=O) groups excluding carboxylic acids is 2. The molecule has 0 aromatic carbocycles. The maximum absolute atomic E-state index is 12.4. The first-order chi connectivity index (χ1) is 11.1. The van der Waals surface area contributed by atoms with Crippen molar-refractivity contribution in [3.8, 4) is 0 Å². The molecule has 2 saturated heterocycles. The minimum absolute atomic E-state index is 0.0882. The fourth-order valence-electron chi connectivity index (χ4n) is 3.81. The minimum atomic E-state index is -0.0882. The van der Waals surface area contributed by atoms with E-state index in [1.807, 2.05) is 33.7 Å². The smallest absolute Gasteiger partial charge is 0.241 e. The first-order valence-electron chi connectivity index (χ1n) is 8.39. The Balaban J connectivity index is 1.50.